The average molecular weight is 299 g/mol. The Morgan fingerprint density at radius 1 is 1.29 bits per heavy atom. The average Bonchev–Trinajstić information content (AvgIpc) is 2.49. The second-order valence-electron chi connectivity index (χ2n) is 5.56. The molecule has 0 radical (unpaired) electrons. The Morgan fingerprint density at radius 3 is 2.62 bits per heavy atom. The summed E-state index contributed by atoms with van der Waals surface area (Å²) < 4.78 is 31.4. The van der Waals surface area contributed by atoms with E-state index < -0.39 is 17.7 Å². The van der Waals surface area contributed by atoms with Gasteiger partial charge >= 0.3 is 0 Å². The minimum Gasteiger partial charge on any atom is -0.389 e. The van der Waals surface area contributed by atoms with Gasteiger partial charge in [0.25, 0.3) is 0 Å². The van der Waals surface area contributed by atoms with E-state index in [0.717, 1.165) is 31.5 Å². The number of hydrogen-bond donors (Lipinski definition) is 1. The van der Waals surface area contributed by atoms with Gasteiger partial charge in [-0.15, -0.1) is 0 Å². The van der Waals surface area contributed by atoms with Crippen LogP contribution in [0.3, 0.4) is 0 Å². The first-order valence-electron chi connectivity index (χ1n) is 7.53. The zero-order chi connectivity index (χ0) is 15.2. The number of ether oxygens (including phenoxy) is 1. The van der Waals surface area contributed by atoms with Crippen LogP contribution < -0.4 is 0 Å². The van der Waals surface area contributed by atoms with Gasteiger partial charge < -0.3 is 14.7 Å². The van der Waals surface area contributed by atoms with Crippen LogP contribution in [0.2, 0.25) is 0 Å². The van der Waals surface area contributed by atoms with Gasteiger partial charge in [0.15, 0.2) is 11.6 Å². The Morgan fingerprint density at radius 2 is 2.00 bits per heavy atom. The van der Waals surface area contributed by atoms with Crippen LogP contribution in [0.15, 0.2) is 18.2 Å². The molecule has 1 fully saturated rings. The van der Waals surface area contributed by atoms with Gasteiger partial charge in [-0.25, -0.2) is 8.78 Å². The Bertz CT molecular complexity index is 448. The number of benzene rings is 1. The first-order chi connectivity index (χ1) is 10.1. The Kier molecular flexibility index (Phi) is 6.08. The lowest BCUT2D eigenvalue weighted by atomic mass is 9.89. The highest BCUT2D eigenvalue weighted by Crippen LogP contribution is 2.28. The number of aliphatic hydroxyl groups is 1. The van der Waals surface area contributed by atoms with Gasteiger partial charge in [0, 0.05) is 13.2 Å². The van der Waals surface area contributed by atoms with Crippen LogP contribution in [0.4, 0.5) is 8.78 Å². The zero-order valence-corrected chi connectivity index (χ0v) is 12.4. The third-order valence-corrected chi connectivity index (χ3v) is 3.99. The van der Waals surface area contributed by atoms with Gasteiger partial charge in [-0.1, -0.05) is 6.07 Å². The first-order valence-corrected chi connectivity index (χ1v) is 7.53. The maximum Gasteiger partial charge on any atom is 0.159 e. The van der Waals surface area contributed by atoms with Crippen LogP contribution in [0.25, 0.3) is 0 Å². The summed E-state index contributed by atoms with van der Waals surface area (Å²) in [7, 11) is 0. The van der Waals surface area contributed by atoms with Crippen LogP contribution in [-0.2, 0) is 4.74 Å². The summed E-state index contributed by atoms with van der Waals surface area (Å²) >= 11 is 0. The molecule has 1 heterocycles. The van der Waals surface area contributed by atoms with E-state index in [1.165, 1.54) is 12.1 Å². The fourth-order valence-corrected chi connectivity index (χ4v) is 2.82. The van der Waals surface area contributed by atoms with Gasteiger partial charge in [0.2, 0.25) is 0 Å². The van der Waals surface area contributed by atoms with Crippen molar-refractivity contribution < 1.29 is 18.6 Å². The highest BCUT2D eigenvalue weighted by molar-refractivity contribution is 5.22. The van der Waals surface area contributed by atoms with Gasteiger partial charge in [0.1, 0.15) is 0 Å². The van der Waals surface area contributed by atoms with Gasteiger partial charge in [-0.05, 0) is 56.5 Å². The lowest BCUT2D eigenvalue weighted by Crippen LogP contribution is -2.39. The molecule has 1 saturated heterocycles. The molecular weight excluding hydrogens is 276 g/mol. The number of nitrogens with zero attached hydrogens (tertiary/aromatic N) is 1. The molecule has 1 aliphatic heterocycles. The summed E-state index contributed by atoms with van der Waals surface area (Å²) in [5, 5.41) is 9.82. The van der Waals surface area contributed by atoms with Crippen LogP contribution in [0.5, 0.6) is 0 Å². The van der Waals surface area contributed by atoms with Crippen molar-refractivity contribution in [2.24, 2.45) is 0 Å². The quantitative estimate of drug-likeness (QED) is 0.876. The van der Waals surface area contributed by atoms with Crippen molar-refractivity contribution in [1.82, 2.24) is 4.90 Å². The third kappa shape index (κ3) is 4.73. The van der Waals surface area contributed by atoms with Crippen LogP contribution >= 0.6 is 0 Å². The molecule has 1 aromatic rings. The predicted octanol–water partition coefficient (Wildman–Crippen LogP) is 2.54. The number of rotatable bonds is 6. The minimum absolute atomic E-state index is 0.264. The van der Waals surface area contributed by atoms with Gasteiger partial charge in [0.05, 0.1) is 12.7 Å². The monoisotopic (exact) mass is 299 g/mol. The third-order valence-electron chi connectivity index (χ3n) is 3.99. The number of aliphatic hydroxyl groups excluding tert-OH is 1. The molecule has 1 N–H and O–H groups in total. The zero-order valence-electron chi connectivity index (χ0n) is 12.4. The summed E-state index contributed by atoms with van der Waals surface area (Å²) in [6.07, 6.45) is 1.32. The van der Waals surface area contributed by atoms with E-state index in [2.05, 4.69) is 4.90 Å². The molecule has 21 heavy (non-hydrogen) atoms. The molecule has 5 heteroatoms. The molecule has 1 aliphatic rings. The minimum atomic E-state index is -0.796. The van der Waals surface area contributed by atoms with Crippen molar-refractivity contribution in [3.05, 3.63) is 35.4 Å². The molecule has 2 rings (SSSR count). The number of β-amino-alcohol motifs (C(OH)–C–C–N with tert-alkyl or cyclic N) is 1. The SMILES string of the molecule is CCOCC(O)CN1CCC(c2ccc(F)c(F)c2)CC1. The number of hydrogen-bond acceptors (Lipinski definition) is 3. The topological polar surface area (TPSA) is 32.7 Å². The van der Waals surface area contributed by atoms with E-state index in [1.807, 2.05) is 6.92 Å². The summed E-state index contributed by atoms with van der Waals surface area (Å²) in [6.45, 7) is 5.18. The highest BCUT2D eigenvalue weighted by atomic mass is 19.2. The number of likely N-dealkylation sites (tertiary alicyclic amines) is 1. The van der Waals surface area contributed by atoms with Crippen molar-refractivity contribution in [1.29, 1.82) is 0 Å². The Labute approximate surface area is 124 Å². The van der Waals surface area contributed by atoms with Crippen molar-refractivity contribution in [3.8, 4) is 0 Å². The fraction of sp³-hybridized carbons (Fsp3) is 0.625. The maximum atomic E-state index is 13.3. The van der Waals surface area contributed by atoms with E-state index in [-0.39, 0.29) is 5.92 Å². The van der Waals surface area contributed by atoms with Gasteiger partial charge in [-0.3, -0.25) is 0 Å². The van der Waals surface area contributed by atoms with Crippen molar-refractivity contribution in [3.63, 3.8) is 0 Å². The molecular formula is C16H23F2NO2. The van der Waals surface area contributed by atoms with E-state index in [4.69, 9.17) is 4.74 Å². The summed E-state index contributed by atoms with van der Waals surface area (Å²) in [6, 6.07) is 4.17. The fourth-order valence-electron chi connectivity index (χ4n) is 2.82. The maximum absolute atomic E-state index is 13.3. The largest absolute Gasteiger partial charge is 0.389 e. The summed E-state index contributed by atoms with van der Waals surface area (Å²) in [4.78, 5) is 2.19. The molecule has 0 spiro atoms. The molecule has 0 bridgehead atoms. The molecule has 1 aromatic carbocycles. The lowest BCUT2D eigenvalue weighted by molar-refractivity contribution is 0.0167. The molecule has 0 saturated carbocycles. The van der Waals surface area contributed by atoms with Gasteiger partial charge in [-0.2, -0.15) is 0 Å². The van der Waals surface area contributed by atoms with E-state index in [1.54, 1.807) is 6.07 Å². The molecule has 118 valence electrons. The Hall–Kier alpha value is -1.04. The molecule has 1 unspecified atom stereocenters. The molecule has 3 nitrogen and oxygen atoms in total. The number of halogens is 2. The predicted molar refractivity (Wildman–Crippen MR) is 77.3 cm³/mol. The van der Waals surface area contributed by atoms with E-state index >= 15 is 0 Å². The van der Waals surface area contributed by atoms with Crippen molar-refractivity contribution in [2.75, 3.05) is 32.8 Å². The highest BCUT2D eigenvalue weighted by Gasteiger charge is 2.22. The van der Waals surface area contributed by atoms with Crippen molar-refractivity contribution >= 4 is 0 Å². The van der Waals surface area contributed by atoms with E-state index in [0.29, 0.717) is 19.8 Å². The summed E-state index contributed by atoms with van der Waals surface area (Å²) in [5.74, 6) is -1.31. The van der Waals surface area contributed by atoms with Crippen LogP contribution in [0, 0.1) is 11.6 Å². The first kappa shape index (κ1) is 16.3. The van der Waals surface area contributed by atoms with E-state index in [9.17, 15) is 13.9 Å². The smallest absolute Gasteiger partial charge is 0.159 e. The lowest BCUT2D eigenvalue weighted by Gasteiger charge is -2.33. The Balaban J connectivity index is 1.81. The normalized spacial score (nSPS) is 18.9. The van der Waals surface area contributed by atoms with Crippen LogP contribution in [-0.4, -0.2) is 49.0 Å². The molecule has 0 amide bonds. The standard InChI is InChI=1S/C16H23F2NO2/c1-2-21-11-14(20)10-19-7-5-12(6-8-19)13-3-4-15(17)16(18)9-13/h3-4,9,12,14,20H,2,5-8,10-11H2,1H3. The molecule has 0 aromatic heterocycles. The van der Waals surface area contributed by atoms with Crippen molar-refractivity contribution in [2.45, 2.75) is 31.8 Å². The second kappa shape index (κ2) is 7.82. The summed E-state index contributed by atoms with van der Waals surface area (Å²) in [5.41, 5.74) is 0.864. The second-order valence-corrected chi connectivity index (χ2v) is 5.56. The molecule has 0 aliphatic carbocycles. The van der Waals surface area contributed by atoms with Crippen LogP contribution in [0.1, 0.15) is 31.2 Å². The molecule has 1 atom stereocenters. The number of piperidine rings is 1.